The molecular weight excluding hydrogens is 366 g/mol. The number of nitrogens with two attached hydrogens (primary N) is 1. The highest BCUT2D eigenvalue weighted by Crippen LogP contribution is 2.45. The lowest BCUT2D eigenvalue weighted by Crippen LogP contribution is -2.49. The zero-order valence-corrected chi connectivity index (χ0v) is 14.6. The minimum absolute atomic E-state index is 0.109. The molecule has 7 heteroatoms. The molecule has 25 heavy (non-hydrogen) atoms. The Morgan fingerprint density at radius 1 is 1.32 bits per heavy atom. The van der Waals surface area contributed by atoms with Crippen LogP contribution in [0.5, 0.6) is 11.5 Å². The van der Waals surface area contributed by atoms with Crippen LogP contribution in [0.25, 0.3) is 0 Å². The molecule has 2 aromatic carbocycles. The zero-order chi connectivity index (χ0) is 18.1. The maximum absolute atomic E-state index is 13.5. The third-order valence-corrected chi connectivity index (χ3v) is 4.49. The molecule has 2 aromatic rings. The predicted molar refractivity (Wildman–Crippen MR) is 97.2 cm³/mol. The summed E-state index contributed by atoms with van der Waals surface area (Å²) >= 11 is 12.4. The first-order valence-corrected chi connectivity index (χ1v) is 8.30. The third-order valence-electron chi connectivity index (χ3n) is 3.88. The molecular formula is C18H15Cl2FN2O2. The Hall–Kier alpha value is -2.08. The predicted octanol–water partition coefficient (Wildman–Crippen LogP) is 4.33. The highest BCUT2D eigenvalue weighted by Gasteiger charge is 2.33. The topological polar surface area (TPSA) is 55.6 Å². The van der Waals surface area contributed by atoms with Gasteiger partial charge in [0.2, 0.25) is 5.91 Å². The number of carbonyl (C=O) groups is 1. The maximum Gasteiger partial charge on any atom is 0.244 e. The first-order chi connectivity index (χ1) is 11.9. The van der Waals surface area contributed by atoms with Crippen LogP contribution in [-0.2, 0) is 11.2 Å². The van der Waals surface area contributed by atoms with Gasteiger partial charge in [-0.25, -0.2) is 4.39 Å². The molecule has 1 heterocycles. The number of rotatable bonds is 4. The van der Waals surface area contributed by atoms with E-state index in [1.807, 2.05) is 0 Å². The van der Waals surface area contributed by atoms with Crippen molar-refractivity contribution in [1.29, 1.82) is 0 Å². The van der Waals surface area contributed by atoms with E-state index >= 15 is 0 Å². The lowest BCUT2D eigenvalue weighted by Gasteiger charge is -2.33. The number of fused-ring (bicyclic) bond motifs is 1. The Labute approximate surface area is 154 Å². The van der Waals surface area contributed by atoms with Crippen molar-refractivity contribution in [1.82, 2.24) is 0 Å². The Morgan fingerprint density at radius 2 is 2.04 bits per heavy atom. The molecule has 2 N–H and O–H groups in total. The van der Waals surface area contributed by atoms with Crippen molar-refractivity contribution in [2.24, 2.45) is 5.73 Å². The Kier molecular flexibility index (Phi) is 4.99. The van der Waals surface area contributed by atoms with E-state index in [1.165, 1.54) is 17.0 Å². The van der Waals surface area contributed by atoms with Gasteiger partial charge in [-0.05, 0) is 30.2 Å². The molecule has 1 aliphatic rings. The van der Waals surface area contributed by atoms with Gasteiger partial charge in [-0.1, -0.05) is 35.3 Å². The minimum Gasteiger partial charge on any atom is -0.452 e. The summed E-state index contributed by atoms with van der Waals surface area (Å²) in [5.41, 5.74) is 7.23. The van der Waals surface area contributed by atoms with Gasteiger partial charge in [-0.15, -0.1) is 6.58 Å². The Morgan fingerprint density at radius 3 is 2.76 bits per heavy atom. The zero-order valence-electron chi connectivity index (χ0n) is 13.1. The Balaban J connectivity index is 2.14. The summed E-state index contributed by atoms with van der Waals surface area (Å²) in [7, 11) is 0. The van der Waals surface area contributed by atoms with Gasteiger partial charge in [-0.2, -0.15) is 0 Å². The van der Waals surface area contributed by atoms with Crippen molar-refractivity contribution in [3.63, 3.8) is 0 Å². The normalized spacial score (nSPS) is 16.6. The van der Waals surface area contributed by atoms with Crippen LogP contribution in [-0.4, -0.2) is 18.5 Å². The molecule has 0 saturated heterocycles. The van der Waals surface area contributed by atoms with Crippen LogP contribution in [0.1, 0.15) is 5.56 Å². The van der Waals surface area contributed by atoms with Crippen molar-refractivity contribution in [3.8, 4) is 11.5 Å². The summed E-state index contributed by atoms with van der Waals surface area (Å²) in [6, 6.07) is 6.56. The summed E-state index contributed by atoms with van der Waals surface area (Å²) in [6.07, 6.45) is 1.94. The number of benzene rings is 2. The standard InChI is InChI=1S/C18H15Cl2FN2O2/c1-2-7-23-16-10(8-14(22)18(23)24)3-5-13(20)17(16)25-15-9-11(21)4-6-12(15)19/h2-6,9,14H,1,7-8,22H2/t14-/m1/s1. The van der Waals surface area contributed by atoms with Gasteiger partial charge in [0, 0.05) is 12.6 Å². The number of halogens is 3. The van der Waals surface area contributed by atoms with E-state index in [0.29, 0.717) is 12.1 Å². The fraction of sp³-hybridized carbons (Fsp3) is 0.167. The van der Waals surface area contributed by atoms with Crippen molar-refractivity contribution < 1.29 is 13.9 Å². The minimum atomic E-state index is -0.653. The van der Waals surface area contributed by atoms with Crippen molar-refractivity contribution >= 4 is 34.8 Å². The number of anilines is 1. The van der Waals surface area contributed by atoms with E-state index in [-0.39, 0.29) is 34.0 Å². The summed E-state index contributed by atoms with van der Waals surface area (Å²) < 4.78 is 19.3. The highest BCUT2D eigenvalue weighted by molar-refractivity contribution is 6.33. The molecule has 0 saturated carbocycles. The smallest absolute Gasteiger partial charge is 0.244 e. The molecule has 3 rings (SSSR count). The highest BCUT2D eigenvalue weighted by atomic mass is 35.5. The molecule has 0 bridgehead atoms. The molecule has 0 spiro atoms. The first kappa shape index (κ1) is 17.7. The fourth-order valence-electron chi connectivity index (χ4n) is 2.76. The van der Waals surface area contributed by atoms with Crippen molar-refractivity contribution in [3.05, 3.63) is 64.4 Å². The van der Waals surface area contributed by atoms with Gasteiger partial charge in [0.1, 0.15) is 11.6 Å². The number of ether oxygens (including phenoxy) is 1. The van der Waals surface area contributed by atoms with Crippen LogP contribution in [0.4, 0.5) is 10.1 Å². The quantitative estimate of drug-likeness (QED) is 0.803. The van der Waals surface area contributed by atoms with E-state index in [9.17, 15) is 9.18 Å². The maximum atomic E-state index is 13.5. The van der Waals surface area contributed by atoms with Crippen LogP contribution in [0, 0.1) is 5.82 Å². The lowest BCUT2D eigenvalue weighted by atomic mass is 9.97. The average Bonchev–Trinajstić information content (AvgIpc) is 2.58. The molecule has 1 atom stereocenters. The Bertz CT molecular complexity index is 857. The second-order valence-electron chi connectivity index (χ2n) is 5.61. The lowest BCUT2D eigenvalue weighted by molar-refractivity contribution is -0.120. The molecule has 0 radical (unpaired) electrons. The van der Waals surface area contributed by atoms with Crippen LogP contribution in [0.3, 0.4) is 0 Å². The molecule has 0 aromatic heterocycles. The summed E-state index contributed by atoms with van der Waals surface area (Å²) in [4.78, 5) is 13.9. The van der Waals surface area contributed by atoms with Crippen LogP contribution >= 0.6 is 23.2 Å². The molecule has 1 aliphatic heterocycles. The van der Waals surface area contributed by atoms with Crippen molar-refractivity contribution in [2.75, 3.05) is 11.4 Å². The van der Waals surface area contributed by atoms with Gasteiger partial charge in [-0.3, -0.25) is 4.79 Å². The van der Waals surface area contributed by atoms with Crippen LogP contribution < -0.4 is 15.4 Å². The van der Waals surface area contributed by atoms with Gasteiger partial charge < -0.3 is 15.4 Å². The van der Waals surface area contributed by atoms with Gasteiger partial charge in [0.15, 0.2) is 5.75 Å². The van der Waals surface area contributed by atoms with E-state index in [0.717, 1.165) is 11.6 Å². The number of nitrogens with zero attached hydrogens (tertiary/aromatic N) is 1. The monoisotopic (exact) mass is 380 g/mol. The number of hydrogen-bond donors (Lipinski definition) is 1. The average molecular weight is 381 g/mol. The largest absolute Gasteiger partial charge is 0.452 e. The van der Waals surface area contributed by atoms with Gasteiger partial charge in [0.25, 0.3) is 0 Å². The summed E-state index contributed by atoms with van der Waals surface area (Å²) in [5.74, 6) is -0.419. The summed E-state index contributed by atoms with van der Waals surface area (Å²) in [6.45, 7) is 3.91. The molecule has 4 nitrogen and oxygen atoms in total. The van der Waals surface area contributed by atoms with Crippen LogP contribution in [0.2, 0.25) is 10.0 Å². The molecule has 0 fully saturated rings. The fourth-order valence-corrected chi connectivity index (χ4v) is 3.10. The van der Waals surface area contributed by atoms with Gasteiger partial charge >= 0.3 is 0 Å². The first-order valence-electron chi connectivity index (χ1n) is 7.54. The molecule has 130 valence electrons. The van der Waals surface area contributed by atoms with E-state index in [2.05, 4.69) is 6.58 Å². The van der Waals surface area contributed by atoms with E-state index < -0.39 is 11.9 Å². The van der Waals surface area contributed by atoms with Crippen LogP contribution in [0.15, 0.2) is 43.0 Å². The summed E-state index contributed by atoms with van der Waals surface area (Å²) in [5, 5.41) is 0.501. The molecule has 0 unspecified atom stereocenters. The number of carbonyl (C=O) groups excluding carboxylic acids is 1. The second kappa shape index (κ2) is 7.04. The second-order valence-corrected chi connectivity index (χ2v) is 6.42. The van der Waals surface area contributed by atoms with E-state index in [4.69, 9.17) is 33.7 Å². The molecule has 0 aliphatic carbocycles. The van der Waals surface area contributed by atoms with E-state index in [1.54, 1.807) is 18.2 Å². The number of amides is 1. The molecule has 1 amide bonds. The van der Waals surface area contributed by atoms with Crippen molar-refractivity contribution in [2.45, 2.75) is 12.5 Å². The number of hydrogen-bond acceptors (Lipinski definition) is 3. The SMILES string of the molecule is C=CCN1C(=O)[C@H](N)Cc2ccc(Cl)c(Oc3cc(F)ccc3Cl)c21. The third kappa shape index (κ3) is 3.35. The van der Waals surface area contributed by atoms with Gasteiger partial charge in [0.05, 0.1) is 21.8 Å².